The van der Waals surface area contributed by atoms with E-state index in [0.29, 0.717) is 6.54 Å². The van der Waals surface area contributed by atoms with Gasteiger partial charge < -0.3 is 10.2 Å². The van der Waals surface area contributed by atoms with E-state index < -0.39 is 43.3 Å². The Balaban J connectivity index is 1.36. The first-order chi connectivity index (χ1) is 16.2. The highest BCUT2D eigenvalue weighted by molar-refractivity contribution is 5.96. The lowest BCUT2D eigenvalue weighted by Gasteiger charge is -2.19. The summed E-state index contributed by atoms with van der Waals surface area (Å²) >= 11 is 0. The summed E-state index contributed by atoms with van der Waals surface area (Å²) < 4.78 is 28.7. The van der Waals surface area contributed by atoms with Crippen LogP contribution >= 0.6 is 0 Å². The molecule has 2 heterocycles. The Kier molecular flexibility index (Phi) is 6.41. The monoisotopic (exact) mass is 463 g/mol. The van der Waals surface area contributed by atoms with E-state index >= 15 is 0 Å². The molecule has 1 aliphatic rings. The summed E-state index contributed by atoms with van der Waals surface area (Å²) in [5.41, 5.74) is 4.61. The van der Waals surface area contributed by atoms with Crippen LogP contribution in [0.1, 0.15) is 27.9 Å². The van der Waals surface area contributed by atoms with E-state index in [1.165, 1.54) is 11.8 Å². The second kappa shape index (κ2) is 9.43. The van der Waals surface area contributed by atoms with E-state index in [1.807, 2.05) is 25.1 Å². The maximum Gasteiger partial charge on any atom is 0.268 e. The van der Waals surface area contributed by atoms with E-state index in [0.717, 1.165) is 21.6 Å². The Morgan fingerprint density at radius 2 is 1.97 bits per heavy atom. The number of nitriles is 1. The van der Waals surface area contributed by atoms with E-state index in [2.05, 4.69) is 40.7 Å². The predicted octanol–water partition coefficient (Wildman–Crippen LogP) is 3.40. The Morgan fingerprint density at radius 1 is 1.21 bits per heavy atom. The number of carbonyl (C=O) groups is 2. The van der Waals surface area contributed by atoms with Gasteiger partial charge in [-0.25, -0.2) is 8.78 Å². The van der Waals surface area contributed by atoms with E-state index in [-0.39, 0.29) is 5.56 Å². The highest BCUT2D eigenvalue weighted by atomic mass is 19.3. The van der Waals surface area contributed by atoms with Crippen molar-refractivity contribution in [2.75, 3.05) is 13.1 Å². The van der Waals surface area contributed by atoms with Crippen molar-refractivity contribution in [3.05, 3.63) is 77.6 Å². The average Bonchev–Trinajstić information content (AvgIpc) is 3.41. The Morgan fingerprint density at radius 3 is 2.71 bits per heavy atom. The molecule has 9 heteroatoms. The van der Waals surface area contributed by atoms with Crippen LogP contribution in [0.4, 0.5) is 8.78 Å². The number of nitrogens with zero attached hydrogens (tertiary/aromatic N) is 4. The van der Waals surface area contributed by atoms with E-state index in [9.17, 15) is 18.4 Å². The predicted molar refractivity (Wildman–Crippen MR) is 121 cm³/mol. The maximum absolute atomic E-state index is 13.5. The summed E-state index contributed by atoms with van der Waals surface area (Å²) in [5.74, 6) is -4.37. The number of rotatable bonds is 6. The van der Waals surface area contributed by atoms with Crippen molar-refractivity contribution in [1.82, 2.24) is 20.0 Å². The fraction of sp³-hybridized carbons (Fsp3) is 0.280. The molecule has 1 fully saturated rings. The highest BCUT2D eigenvalue weighted by Crippen LogP contribution is 2.31. The van der Waals surface area contributed by atoms with Gasteiger partial charge in [0.05, 0.1) is 37.5 Å². The molecule has 1 aromatic heterocycles. The normalized spacial score (nSPS) is 16.8. The van der Waals surface area contributed by atoms with Gasteiger partial charge in [0.1, 0.15) is 6.04 Å². The molecular formula is C25H23F2N5O2. The molecule has 0 aliphatic carbocycles. The zero-order valence-corrected chi connectivity index (χ0v) is 18.5. The molecule has 34 heavy (non-hydrogen) atoms. The molecular weight excluding hydrogens is 440 g/mol. The minimum absolute atomic E-state index is 0.242. The molecule has 0 radical (unpaired) electrons. The fourth-order valence-corrected chi connectivity index (χ4v) is 3.90. The number of likely N-dealkylation sites (tertiary alicyclic amines) is 1. The number of nitrogens with one attached hydrogen (secondary N) is 1. The summed E-state index contributed by atoms with van der Waals surface area (Å²) in [6, 6.07) is 16.8. The minimum Gasteiger partial charge on any atom is -0.343 e. The van der Waals surface area contributed by atoms with Gasteiger partial charge in [-0.05, 0) is 29.7 Å². The van der Waals surface area contributed by atoms with Crippen molar-refractivity contribution in [1.29, 1.82) is 5.26 Å². The van der Waals surface area contributed by atoms with Gasteiger partial charge in [0.25, 0.3) is 11.8 Å². The number of amides is 2. The standard InChI is InChI=1S/C25H23F2N5O2/c1-17-5-7-19(8-6-17)20-4-2-3-18(9-20)14-31-15-21(12-30-31)24(34)29-13-23(33)32-16-25(26,27)10-22(32)11-28/h2-9,12,15,22H,10,13-14,16H2,1H3,(H,29,34)/t22-/m0/s1. The van der Waals surface area contributed by atoms with E-state index in [4.69, 9.17) is 5.26 Å². The molecule has 2 amide bonds. The van der Waals surface area contributed by atoms with E-state index in [1.54, 1.807) is 16.9 Å². The summed E-state index contributed by atoms with van der Waals surface area (Å²) in [7, 11) is 0. The number of aryl methyl sites for hydroxylation is 1. The number of hydrogen-bond acceptors (Lipinski definition) is 4. The van der Waals surface area contributed by atoms with Gasteiger partial charge >= 0.3 is 0 Å². The zero-order chi connectivity index (χ0) is 24.3. The zero-order valence-electron chi connectivity index (χ0n) is 18.5. The maximum atomic E-state index is 13.5. The quantitative estimate of drug-likeness (QED) is 0.607. The number of carbonyl (C=O) groups excluding carboxylic acids is 2. The van der Waals surface area contributed by atoms with Gasteiger partial charge in [-0.15, -0.1) is 0 Å². The van der Waals surface area contributed by atoms with Crippen LogP contribution in [-0.4, -0.2) is 51.5 Å². The molecule has 0 spiro atoms. The minimum atomic E-state index is -3.10. The lowest BCUT2D eigenvalue weighted by Crippen LogP contribution is -2.42. The molecule has 7 nitrogen and oxygen atoms in total. The van der Waals surface area contributed by atoms with Crippen LogP contribution < -0.4 is 5.32 Å². The number of alkyl halides is 2. The summed E-state index contributed by atoms with van der Waals surface area (Å²) in [6.07, 6.45) is 2.24. The van der Waals surface area contributed by atoms with Crippen molar-refractivity contribution in [3.63, 3.8) is 0 Å². The fourth-order valence-electron chi connectivity index (χ4n) is 3.90. The van der Waals surface area contributed by atoms with Gasteiger partial charge in [0.2, 0.25) is 5.91 Å². The molecule has 2 aromatic carbocycles. The van der Waals surface area contributed by atoms with Crippen LogP contribution in [0.25, 0.3) is 11.1 Å². The third-order valence-electron chi connectivity index (χ3n) is 5.69. The highest BCUT2D eigenvalue weighted by Gasteiger charge is 2.47. The van der Waals surface area contributed by atoms with Gasteiger partial charge in [0, 0.05) is 12.6 Å². The molecule has 1 atom stereocenters. The summed E-state index contributed by atoms with van der Waals surface area (Å²) in [5, 5.41) is 15.6. The Hall–Kier alpha value is -4.06. The molecule has 4 rings (SSSR count). The van der Waals surface area contributed by atoms with Crippen molar-refractivity contribution < 1.29 is 18.4 Å². The first kappa shape index (κ1) is 23.1. The molecule has 1 N–H and O–H groups in total. The van der Waals surface area contributed by atoms with Crippen molar-refractivity contribution in [3.8, 4) is 17.2 Å². The lowest BCUT2D eigenvalue weighted by molar-refractivity contribution is -0.131. The largest absolute Gasteiger partial charge is 0.343 e. The average molecular weight is 463 g/mol. The first-order valence-electron chi connectivity index (χ1n) is 10.8. The number of aromatic nitrogens is 2. The molecule has 0 unspecified atom stereocenters. The second-order valence-electron chi connectivity index (χ2n) is 8.40. The molecule has 1 aliphatic heterocycles. The smallest absolute Gasteiger partial charge is 0.268 e. The number of halogens is 2. The van der Waals surface area contributed by atoms with Gasteiger partial charge in [-0.2, -0.15) is 10.4 Å². The van der Waals surface area contributed by atoms with Crippen molar-refractivity contribution in [2.24, 2.45) is 0 Å². The first-order valence-corrected chi connectivity index (χ1v) is 10.8. The van der Waals surface area contributed by atoms with Crippen molar-refractivity contribution in [2.45, 2.75) is 31.9 Å². The van der Waals surface area contributed by atoms with Crippen LogP contribution in [0.2, 0.25) is 0 Å². The summed E-state index contributed by atoms with van der Waals surface area (Å²) in [6.45, 7) is 1.18. The second-order valence-corrected chi connectivity index (χ2v) is 8.40. The molecule has 3 aromatic rings. The molecule has 1 saturated heterocycles. The van der Waals surface area contributed by atoms with Crippen LogP contribution in [0.5, 0.6) is 0 Å². The molecule has 174 valence electrons. The SMILES string of the molecule is Cc1ccc(-c2cccc(Cn3cc(C(=O)NCC(=O)N4CC(F)(F)C[C@H]4C#N)cn3)c2)cc1. The Bertz CT molecular complexity index is 1250. The number of hydrogen-bond donors (Lipinski definition) is 1. The number of benzene rings is 2. The topological polar surface area (TPSA) is 91.0 Å². The van der Waals surface area contributed by atoms with Crippen LogP contribution in [-0.2, 0) is 11.3 Å². The summed E-state index contributed by atoms with van der Waals surface area (Å²) in [4.78, 5) is 25.5. The molecule has 0 saturated carbocycles. The van der Waals surface area contributed by atoms with Gasteiger partial charge in [0.15, 0.2) is 0 Å². The van der Waals surface area contributed by atoms with Gasteiger partial charge in [-0.1, -0.05) is 48.0 Å². The van der Waals surface area contributed by atoms with Crippen LogP contribution in [0, 0.1) is 18.3 Å². The third kappa shape index (κ3) is 5.29. The van der Waals surface area contributed by atoms with Crippen LogP contribution in [0.15, 0.2) is 60.9 Å². The molecule has 0 bridgehead atoms. The Labute approximate surface area is 195 Å². The van der Waals surface area contributed by atoms with Crippen molar-refractivity contribution >= 4 is 11.8 Å². The lowest BCUT2D eigenvalue weighted by atomic mass is 10.0. The third-order valence-corrected chi connectivity index (χ3v) is 5.69. The van der Waals surface area contributed by atoms with Crippen LogP contribution in [0.3, 0.4) is 0 Å². The van der Waals surface area contributed by atoms with Gasteiger partial charge in [-0.3, -0.25) is 14.3 Å².